The number of halogens is 1. The van der Waals surface area contributed by atoms with Crippen molar-refractivity contribution in [3.8, 4) is 22.4 Å². The quantitative estimate of drug-likeness (QED) is 0.534. The maximum absolute atomic E-state index is 12.6. The molecule has 0 spiro atoms. The monoisotopic (exact) mass is 393 g/mol. The second kappa shape index (κ2) is 6.01. The lowest BCUT2D eigenvalue weighted by molar-refractivity contribution is 0.882. The lowest BCUT2D eigenvalue weighted by Crippen LogP contribution is -2.14. The van der Waals surface area contributed by atoms with Crippen molar-refractivity contribution < 1.29 is 0 Å². The molecule has 0 amide bonds. The predicted octanol–water partition coefficient (Wildman–Crippen LogP) is 4.74. The Kier molecular flexibility index (Phi) is 3.81. The number of nitrogens with one attached hydrogen (secondary N) is 1. The molecule has 5 heteroatoms. The number of nitrogens with zero attached hydrogens (tertiary/aromatic N) is 2. The van der Waals surface area contributed by atoms with Crippen molar-refractivity contribution in [1.29, 1.82) is 0 Å². The molecular formula is C20H16BrN3O. The number of H-pyrrole nitrogens is 1. The fourth-order valence-corrected chi connectivity index (χ4v) is 3.25. The second-order valence-corrected chi connectivity index (χ2v) is 7.04. The number of hydrogen-bond donors (Lipinski definition) is 1. The third-order valence-electron chi connectivity index (χ3n) is 4.28. The number of aryl methyl sites for hydroxylation is 2. The molecule has 0 saturated carbocycles. The largest absolute Gasteiger partial charge is 0.293 e. The maximum Gasteiger partial charge on any atom is 0.273 e. The average molecular weight is 394 g/mol. The SMILES string of the molecule is Cc1ccc(-c2cc(=O)n3[nH]c(C)c(-c4ccc(Br)cc4)c3n2)cc1. The van der Waals surface area contributed by atoms with Crippen LogP contribution in [0, 0.1) is 13.8 Å². The molecule has 2 aromatic heterocycles. The van der Waals surface area contributed by atoms with Gasteiger partial charge in [-0.25, -0.2) is 9.50 Å². The predicted molar refractivity (Wildman–Crippen MR) is 104 cm³/mol. The summed E-state index contributed by atoms with van der Waals surface area (Å²) in [5.41, 5.74) is 6.19. The van der Waals surface area contributed by atoms with Crippen molar-refractivity contribution in [2.24, 2.45) is 0 Å². The zero-order valence-corrected chi connectivity index (χ0v) is 15.5. The van der Waals surface area contributed by atoms with E-state index in [-0.39, 0.29) is 5.56 Å². The molecule has 124 valence electrons. The number of fused-ring (bicyclic) bond motifs is 1. The number of rotatable bonds is 2. The van der Waals surface area contributed by atoms with E-state index < -0.39 is 0 Å². The summed E-state index contributed by atoms with van der Waals surface area (Å²) in [5.74, 6) is 0. The first kappa shape index (κ1) is 15.8. The molecule has 0 aliphatic rings. The van der Waals surface area contributed by atoms with Gasteiger partial charge in [0, 0.05) is 27.4 Å². The standard InChI is InChI=1S/C20H16BrN3O/c1-12-3-5-14(6-4-12)17-11-18(25)24-20(22-17)19(13(2)23-24)15-7-9-16(21)10-8-15/h3-11,23H,1-2H3. The molecule has 0 saturated heterocycles. The van der Waals surface area contributed by atoms with Crippen LogP contribution < -0.4 is 5.56 Å². The van der Waals surface area contributed by atoms with Crippen LogP contribution in [0.15, 0.2) is 63.9 Å². The van der Waals surface area contributed by atoms with Crippen LogP contribution in [0.3, 0.4) is 0 Å². The molecule has 4 nitrogen and oxygen atoms in total. The molecule has 0 fully saturated rings. The molecule has 0 unspecified atom stereocenters. The van der Waals surface area contributed by atoms with Crippen molar-refractivity contribution in [1.82, 2.24) is 14.6 Å². The summed E-state index contributed by atoms with van der Waals surface area (Å²) in [6.45, 7) is 3.99. The third kappa shape index (κ3) is 2.81. The molecule has 0 atom stereocenters. The van der Waals surface area contributed by atoms with E-state index in [9.17, 15) is 4.79 Å². The fourth-order valence-electron chi connectivity index (χ4n) is 2.98. The van der Waals surface area contributed by atoms with E-state index in [1.807, 2.05) is 62.4 Å². The Balaban J connectivity index is 1.98. The fraction of sp³-hybridized carbons (Fsp3) is 0.100. The summed E-state index contributed by atoms with van der Waals surface area (Å²) in [5, 5.41) is 3.13. The highest BCUT2D eigenvalue weighted by molar-refractivity contribution is 9.10. The first-order valence-corrected chi connectivity index (χ1v) is 8.77. The van der Waals surface area contributed by atoms with Gasteiger partial charge in [-0.3, -0.25) is 9.89 Å². The zero-order valence-electron chi connectivity index (χ0n) is 13.9. The number of benzene rings is 2. The smallest absolute Gasteiger partial charge is 0.273 e. The van der Waals surface area contributed by atoms with E-state index in [1.54, 1.807) is 6.07 Å². The van der Waals surface area contributed by atoms with Gasteiger partial charge in [-0.2, -0.15) is 0 Å². The molecule has 1 N–H and O–H groups in total. The summed E-state index contributed by atoms with van der Waals surface area (Å²) in [4.78, 5) is 17.4. The minimum absolute atomic E-state index is 0.118. The summed E-state index contributed by atoms with van der Waals surface area (Å²) in [6.07, 6.45) is 0. The maximum atomic E-state index is 12.6. The molecule has 4 rings (SSSR count). The Labute approximate surface area is 153 Å². The molecule has 2 aromatic carbocycles. The Morgan fingerprint density at radius 2 is 1.60 bits per heavy atom. The summed E-state index contributed by atoms with van der Waals surface area (Å²) in [6, 6.07) is 17.6. The van der Waals surface area contributed by atoms with Crippen molar-refractivity contribution >= 4 is 21.6 Å². The highest BCUT2D eigenvalue weighted by Gasteiger charge is 2.15. The zero-order chi connectivity index (χ0) is 17.6. The van der Waals surface area contributed by atoms with Crippen molar-refractivity contribution in [3.63, 3.8) is 0 Å². The van der Waals surface area contributed by atoms with Crippen LogP contribution in [0.25, 0.3) is 28.0 Å². The van der Waals surface area contributed by atoms with E-state index in [0.29, 0.717) is 11.3 Å². The average Bonchev–Trinajstić information content (AvgIpc) is 2.93. The Morgan fingerprint density at radius 3 is 2.28 bits per heavy atom. The van der Waals surface area contributed by atoms with Gasteiger partial charge in [-0.15, -0.1) is 0 Å². The summed E-state index contributed by atoms with van der Waals surface area (Å²) >= 11 is 3.46. The van der Waals surface area contributed by atoms with Crippen LogP contribution in [-0.4, -0.2) is 14.6 Å². The van der Waals surface area contributed by atoms with Crippen molar-refractivity contribution in [2.75, 3.05) is 0 Å². The van der Waals surface area contributed by atoms with Crippen LogP contribution in [0.4, 0.5) is 0 Å². The highest BCUT2D eigenvalue weighted by atomic mass is 79.9. The first-order valence-electron chi connectivity index (χ1n) is 7.98. The van der Waals surface area contributed by atoms with Crippen molar-refractivity contribution in [3.05, 3.63) is 80.7 Å². The minimum atomic E-state index is -0.118. The molecule has 0 bridgehead atoms. The van der Waals surface area contributed by atoms with Crippen LogP contribution in [0.5, 0.6) is 0 Å². The Bertz CT molecular complexity index is 1120. The van der Waals surface area contributed by atoms with Crippen LogP contribution in [-0.2, 0) is 0 Å². The molecule has 0 radical (unpaired) electrons. The van der Waals surface area contributed by atoms with Crippen molar-refractivity contribution in [2.45, 2.75) is 13.8 Å². The highest BCUT2D eigenvalue weighted by Crippen LogP contribution is 2.29. The first-order chi connectivity index (χ1) is 12.0. The molecular weight excluding hydrogens is 378 g/mol. The number of hydrogen-bond acceptors (Lipinski definition) is 2. The van der Waals surface area contributed by atoms with Crippen LogP contribution in [0.2, 0.25) is 0 Å². The summed E-state index contributed by atoms with van der Waals surface area (Å²) < 4.78 is 2.52. The van der Waals surface area contributed by atoms with Gasteiger partial charge in [-0.05, 0) is 31.5 Å². The van der Waals surface area contributed by atoms with E-state index >= 15 is 0 Å². The van der Waals surface area contributed by atoms with Gasteiger partial charge in [0.25, 0.3) is 5.56 Å². The molecule has 0 aliphatic heterocycles. The lowest BCUT2D eigenvalue weighted by atomic mass is 10.1. The van der Waals surface area contributed by atoms with Gasteiger partial charge in [-0.1, -0.05) is 57.9 Å². The van der Waals surface area contributed by atoms with Crippen LogP contribution >= 0.6 is 15.9 Å². The third-order valence-corrected chi connectivity index (χ3v) is 4.81. The van der Waals surface area contributed by atoms with Gasteiger partial charge in [0.1, 0.15) is 0 Å². The van der Waals surface area contributed by atoms with Gasteiger partial charge < -0.3 is 0 Å². The lowest BCUT2D eigenvalue weighted by Gasteiger charge is -2.04. The number of aromatic nitrogens is 3. The van der Waals surface area contributed by atoms with Gasteiger partial charge in [0.15, 0.2) is 5.65 Å². The molecule has 2 heterocycles. The topological polar surface area (TPSA) is 50.2 Å². The minimum Gasteiger partial charge on any atom is -0.293 e. The van der Waals surface area contributed by atoms with Crippen LogP contribution in [0.1, 0.15) is 11.3 Å². The molecule has 25 heavy (non-hydrogen) atoms. The number of aromatic amines is 1. The van der Waals surface area contributed by atoms with Gasteiger partial charge >= 0.3 is 0 Å². The summed E-state index contributed by atoms with van der Waals surface area (Å²) in [7, 11) is 0. The van der Waals surface area contributed by atoms with E-state index in [0.717, 1.165) is 26.9 Å². The van der Waals surface area contributed by atoms with E-state index in [4.69, 9.17) is 4.98 Å². The molecule has 0 aliphatic carbocycles. The Morgan fingerprint density at radius 1 is 0.960 bits per heavy atom. The normalized spacial score (nSPS) is 11.2. The second-order valence-electron chi connectivity index (χ2n) is 6.12. The van der Waals surface area contributed by atoms with Gasteiger partial charge in [0.05, 0.1) is 5.69 Å². The van der Waals surface area contributed by atoms with Gasteiger partial charge in [0.2, 0.25) is 0 Å². The molecule has 4 aromatic rings. The van der Waals surface area contributed by atoms with E-state index in [2.05, 4.69) is 21.0 Å². The Hall–Kier alpha value is -2.66. The van der Waals surface area contributed by atoms with E-state index in [1.165, 1.54) is 10.1 Å².